The predicted octanol–water partition coefficient (Wildman–Crippen LogP) is 3.68. The van der Waals surface area contributed by atoms with Crippen LogP contribution in [-0.2, 0) is 6.42 Å². The average Bonchev–Trinajstić information content (AvgIpc) is 2.38. The standard InChI is InChI=1S/C16H15O/c1-13(17)16-11-9-15(10-12-16)8-7-14-5-3-2-4-6-14/h2-6,8-12H,7H2,1H3. The lowest BCUT2D eigenvalue weighted by molar-refractivity contribution is 0.101. The van der Waals surface area contributed by atoms with Crippen molar-refractivity contribution >= 4 is 5.78 Å². The molecule has 0 saturated carbocycles. The lowest BCUT2D eigenvalue weighted by atomic mass is 10.0. The number of carbonyl (C=O) groups excluding carboxylic acids is 1. The second-order valence-corrected chi connectivity index (χ2v) is 4.07. The van der Waals surface area contributed by atoms with Gasteiger partial charge in [-0.2, -0.15) is 0 Å². The number of hydrogen-bond acceptors (Lipinski definition) is 1. The Kier molecular flexibility index (Phi) is 3.71. The van der Waals surface area contributed by atoms with Gasteiger partial charge in [-0.05, 0) is 30.9 Å². The van der Waals surface area contributed by atoms with Crippen LogP contribution in [0, 0.1) is 6.42 Å². The fraction of sp³-hybridized carbons (Fsp3) is 0.125. The van der Waals surface area contributed by atoms with Crippen LogP contribution in [0.15, 0.2) is 54.6 Å². The Morgan fingerprint density at radius 1 is 1.00 bits per heavy atom. The first kappa shape index (κ1) is 11.6. The summed E-state index contributed by atoms with van der Waals surface area (Å²) in [5, 5.41) is 0. The van der Waals surface area contributed by atoms with Crippen LogP contribution in [0.1, 0.15) is 28.4 Å². The van der Waals surface area contributed by atoms with Crippen molar-refractivity contribution in [2.75, 3.05) is 0 Å². The maximum Gasteiger partial charge on any atom is 0.159 e. The highest BCUT2D eigenvalue weighted by molar-refractivity contribution is 5.94. The third kappa shape index (κ3) is 3.28. The van der Waals surface area contributed by atoms with Gasteiger partial charge in [0.05, 0.1) is 0 Å². The molecule has 0 amide bonds. The number of rotatable bonds is 4. The van der Waals surface area contributed by atoms with E-state index in [4.69, 9.17) is 0 Å². The highest BCUT2D eigenvalue weighted by atomic mass is 16.1. The largest absolute Gasteiger partial charge is 0.295 e. The van der Waals surface area contributed by atoms with Crippen molar-refractivity contribution in [2.45, 2.75) is 13.3 Å². The molecule has 0 aliphatic rings. The Labute approximate surface area is 102 Å². The molecule has 0 spiro atoms. The Hall–Kier alpha value is -1.89. The summed E-state index contributed by atoms with van der Waals surface area (Å²) in [6.07, 6.45) is 3.08. The van der Waals surface area contributed by atoms with Crippen LogP contribution in [0.2, 0.25) is 0 Å². The van der Waals surface area contributed by atoms with Gasteiger partial charge in [0.15, 0.2) is 5.78 Å². The number of benzene rings is 2. The molecule has 0 heterocycles. The van der Waals surface area contributed by atoms with Crippen molar-refractivity contribution in [1.29, 1.82) is 0 Å². The average molecular weight is 223 g/mol. The minimum Gasteiger partial charge on any atom is -0.295 e. The molecule has 2 aromatic rings. The molecule has 0 aliphatic heterocycles. The van der Waals surface area contributed by atoms with Crippen LogP contribution in [0.4, 0.5) is 0 Å². The monoisotopic (exact) mass is 223 g/mol. The minimum absolute atomic E-state index is 0.111. The molecule has 0 atom stereocenters. The number of hydrogen-bond donors (Lipinski definition) is 0. The molecule has 0 fully saturated rings. The lowest BCUT2D eigenvalue weighted by Gasteiger charge is -2.02. The first-order valence-corrected chi connectivity index (χ1v) is 5.74. The van der Waals surface area contributed by atoms with Gasteiger partial charge >= 0.3 is 0 Å². The van der Waals surface area contributed by atoms with E-state index >= 15 is 0 Å². The predicted molar refractivity (Wildman–Crippen MR) is 70.0 cm³/mol. The van der Waals surface area contributed by atoms with Gasteiger partial charge in [-0.15, -0.1) is 0 Å². The summed E-state index contributed by atoms with van der Waals surface area (Å²) < 4.78 is 0. The fourth-order valence-corrected chi connectivity index (χ4v) is 1.70. The van der Waals surface area contributed by atoms with Crippen molar-refractivity contribution < 1.29 is 4.79 Å². The third-order valence-corrected chi connectivity index (χ3v) is 2.73. The lowest BCUT2D eigenvalue weighted by Crippen LogP contribution is -1.93. The summed E-state index contributed by atoms with van der Waals surface area (Å²) in [7, 11) is 0. The first-order valence-electron chi connectivity index (χ1n) is 5.74. The Morgan fingerprint density at radius 2 is 1.65 bits per heavy atom. The van der Waals surface area contributed by atoms with E-state index in [9.17, 15) is 4.79 Å². The number of carbonyl (C=O) groups is 1. The van der Waals surface area contributed by atoms with Crippen LogP contribution in [0.25, 0.3) is 0 Å². The molecule has 0 bridgehead atoms. The van der Waals surface area contributed by atoms with Gasteiger partial charge in [0.25, 0.3) is 0 Å². The molecule has 0 saturated heterocycles. The Morgan fingerprint density at radius 3 is 2.24 bits per heavy atom. The molecular formula is C16H15O. The van der Waals surface area contributed by atoms with E-state index in [1.165, 1.54) is 5.56 Å². The van der Waals surface area contributed by atoms with Crippen molar-refractivity contribution in [1.82, 2.24) is 0 Å². The molecule has 17 heavy (non-hydrogen) atoms. The third-order valence-electron chi connectivity index (χ3n) is 2.73. The van der Waals surface area contributed by atoms with Gasteiger partial charge in [0, 0.05) is 5.56 Å². The number of Topliss-reactive ketones (excluding diaryl/α,β-unsaturated/α-hetero) is 1. The summed E-state index contributed by atoms with van der Waals surface area (Å²) >= 11 is 0. The molecule has 1 heteroatoms. The van der Waals surface area contributed by atoms with Crippen LogP contribution in [0.5, 0.6) is 0 Å². The molecule has 2 aromatic carbocycles. The molecule has 1 nitrogen and oxygen atoms in total. The molecule has 0 aromatic heterocycles. The molecule has 0 N–H and O–H groups in total. The quantitative estimate of drug-likeness (QED) is 0.722. The molecule has 2 rings (SSSR count). The van der Waals surface area contributed by atoms with E-state index in [2.05, 4.69) is 18.6 Å². The zero-order valence-corrected chi connectivity index (χ0v) is 9.89. The summed E-state index contributed by atoms with van der Waals surface area (Å²) in [4.78, 5) is 11.1. The summed E-state index contributed by atoms with van der Waals surface area (Å²) in [6.45, 7) is 1.59. The van der Waals surface area contributed by atoms with E-state index < -0.39 is 0 Å². The summed E-state index contributed by atoms with van der Waals surface area (Å²) in [6, 6.07) is 18.0. The zero-order chi connectivity index (χ0) is 12.1. The van der Waals surface area contributed by atoms with E-state index in [0.717, 1.165) is 17.5 Å². The van der Waals surface area contributed by atoms with Gasteiger partial charge in [-0.25, -0.2) is 0 Å². The van der Waals surface area contributed by atoms with Gasteiger partial charge in [0.1, 0.15) is 0 Å². The minimum atomic E-state index is 0.111. The summed E-state index contributed by atoms with van der Waals surface area (Å²) in [5.74, 6) is 0.111. The van der Waals surface area contributed by atoms with Gasteiger partial charge in [0.2, 0.25) is 0 Å². The van der Waals surface area contributed by atoms with E-state index in [1.807, 2.05) is 42.5 Å². The van der Waals surface area contributed by atoms with Crippen LogP contribution < -0.4 is 0 Å². The molecule has 1 radical (unpaired) electrons. The SMILES string of the molecule is CC(=O)c1ccc([CH]Cc2ccccc2)cc1. The van der Waals surface area contributed by atoms with Crippen molar-refractivity contribution in [3.05, 3.63) is 77.7 Å². The van der Waals surface area contributed by atoms with Crippen molar-refractivity contribution in [2.24, 2.45) is 0 Å². The molecular weight excluding hydrogens is 208 g/mol. The van der Waals surface area contributed by atoms with Crippen molar-refractivity contribution in [3.63, 3.8) is 0 Å². The van der Waals surface area contributed by atoms with Crippen LogP contribution >= 0.6 is 0 Å². The van der Waals surface area contributed by atoms with E-state index in [0.29, 0.717) is 0 Å². The maximum absolute atomic E-state index is 11.1. The first-order chi connectivity index (χ1) is 8.25. The highest BCUT2D eigenvalue weighted by Gasteiger charge is 1.99. The normalized spacial score (nSPS) is 10.2. The topological polar surface area (TPSA) is 17.1 Å². The second-order valence-electron chi connectivity index (χ2n) is 4.07. The van der Waals surface area contributed by atoms with Gasteiger partial charge in [-0.3, -0.25) is 4.79 Å². The molecule has 0 aliphatic carbocycles. The van der Waals surface area contributed by atoms with E-state index in [1.54, 1.807) is 6.92 Å². The molecule has 85 valence electrons. The van der Waals surface area contributed by atoms with Crippen LogP contribution in [0.3, 0.4) is 0 Å². The maximum atomic E-state index is 11.1. The second kappa shape index (κ2) is 5.44. The zero-order valence-electron chi connectivity index (χ0n) is 9.89. The van der Waals surface area contributed by atoms with Crippen molar-refractivity contribution in [3.8, 4) is 0 Å². The highest BCUT2D eigenvalue weighted by Crippen LogP contribution is 2.11. The van der Waals surface area contributed by atoms with Gasteiger partial charge in [-0.1, -0.05) is 54.6 Å². The number of ketones is 1. The Balaban J connectivity index is 1.98. The molecule has 0 unspecified atom stereocenters. The summed E-state index contributed by atoms with van der Waals surface area (Å²) in [5.41, 5.74) is 3.21. The van der Waals surface area contributed by atoms with Gasteiger partial charge < -0.3 is 0 Å². The smallest absolute Gasteiger partial charge is 0.159 e. The Bertz CT molecular complexity index is 483. The van der Waals surface area contributed by atoms with E-state index in [-0.39, 0.29) is 5.78 Å². The van der Waals surface area contributed by atoms with Crippen LogP contribution in [-0.4, -0.2) is 5.78 Å². The fourth-order valence-electron chi connectivity index (χ4n) is 1.70.